The number of carbonyl (C=O) groups excluding carboxylic acids is 1. The summed E-state index contributed by atoms with van der Waals surface area (Å²) in [5.41, 5.74) is 2.59. The molecular formula is C11H19N3O2. The summed E-state index contributed by atoms with van der Waals surface area (Å²) in [5.74, 6) is 6.12. The number of furan rings is 1. The van der Waals surface area contributed by atoms with Gasteiger partial charge in [-0.05, 0) is 33.9 Å². The van der Waals surface area contributed by atoms with Crippen LogP contribution in [0.15, 0.2) is 10.5 Å². The second-order valence-electron chi connectivity index (χ2n) is 4.16. The van der Waals surface area contributed by atoms with Gasteiger partial charge in [-0.3, -0.25) is 15.1 Å². The zero-order valence-electron chi connectivity index (χ0n) is 10.2. The van der Waals surface area contributed by atoms with Crippen molar-refractivity contribution < 1.29 is 9.21 Å². The SMILES string of the molecule is Cc1oc(CN(C)C(C)C)cc1C(=O)NN. The first-order chi connectivity index (χ1) is 7.45. The van der Waals surface area contributed by atoms with E-state index in [-0.39, 0.29) is 5.91 Å². The Labute approximate surface area is 95.6 Å². The van der Waals surface area contributed by atoms with Crippen LogP contribution in [0.2, 0.25) is 0 Å². The van der Waals surface area contributed by atoms with E-state index in [1.807, 2.05) is 7.05 Å². The number of nitrogens with two attached hydrogens (primary N) is 1. The zero-order valence-corrected chi connectivity index (χ0v) is 10.2. The number of hydrazine groups is 1. The molecule has 1 aromatic rings. The van der Waals surface area contributed by atoms with E-state index >= 15 is 0 Å². The average molecular weight is 225 g/mol. The second-order valence-corrected chi connectivity index (χ2v) is 4.16. The molecular weight excluding hydrogens is 206 g/mol. The summed E-state index contributed by atoms with van der Waals surface area (Å²) >= 11 is 0. The van der Waals surface area contributed by atoms with Crippen molar-refractivity contribution in [2.24, 2.45) is 5.84 Å². The summed E-state index contributed by atoms with van der Waals surface area (Å²) in [7, 11) is 2.01. The highest BCUT2D eigenvalue weighted by molar-refractivity contribution is 5.94. The Hall–Kier alpha value is -1.33. The van der Waals surface area contributed by atoms with E-state index < -0.39 is 0 Å². The predicted molar refractivity (Wildman–Crippen MR) is 61.7 cm³/mol. The van der Waals surface area contributed by atoms with Crippen LogP contribution in [0.5, 0.6) is 0 Å². The number of aryl methyl sites for hydroxylation is 1. The molecule has 0 saturated heterocycles. The first kappa shape index (κ1) is 12.7. The standard InChI is InChI=1S/C11H19N3O2/c1-7(2)14(4)6-9-5-10(8(3)16-9)11(15)13-12/h5,7H,6,12H2,1-4H3,(H,13,15). The molecule has 0 aliphatic carbocycles. The number of hydrogen-bond acceptors (Lipinski definition) is 4. The number of nitrogens with one attached hydrogen (secondary N) is 1. The van der Waals surface area contributed by atoms with Gasteiger partial charge in [-0.1, -0.05) is 0 Å². The van der Waals surface area contributed by atoms with Gasteiger partial charge in [0, 0.05) is 6.04 Å². The van der Waals surface area contributed by atoms with Crippen LogP contribution in [-0.4, -0.2) is 23.9 Å². The summed E-state index contributed by atoms with van der Waals surface area (Å²) in [5, 5.41) is 0. The van der Waals surface area contributed by atoms with Gasteiger partial charge in [0.25, 0.3) is 5.91 Å². The van der Waals surface area contributed by atoms with Crippen LogP contribution >= 0.6 is 0 Å². The third-order valence-electron chi connectivity index (χ3n) is 2.63. The number of nitrogen functional groups attached to an aromatic ring is 1. The van der Waals surface area contributed by atoms with Gasteiger partial charge in [0.2, 0.25) is 0 Å². The molecule has 90 valence electrons. The van der Waals surface area contributed by atoms with Crippen molar-refractivity contribution in [2.45, 2.75) is 33.4 Å². The van der Waals surface area contributed by atoms with Crippen LogP contribution < -0.4 is 11.3 Å². The van der Waals surface area contributed by atoms with Crippen molar-refractivity contribution in [3.8, 4) is 0 Å². The lowest BCUT2D eigenvalue weighted by Gasteiger charge is -2.19. The Morgan fingerprint density at radius 3 is 2.75 bits per heavy atom. The molecule has 0 bridgehead atoms. The number of carbonyl (C=O) groups is 1. The Morgan fingerprint density at radius 1 is 1.62 bits per heavy atom. The third kappa shape index (κ3) is 2.84. The summed E-state index contributed by atoms with van der Waals surface area (Å²) in [6.07, 6.45) is 0. The van der Waals surface area contributed by atoms with E-state index in [9.17, 15) is 4.79 Å². The molecule has 0 radical (unpaired) electrons. The van der Waals surface area contributed by atoms with Crippen molar-refractivity contribution in [3.05, 3.63) is 23.2 Å². The predicted octanol–water partition coefficient (Wildman–Crippen LogP) is 1.03. The number of hydrogen-bond donors (Lipinski definition) is 2. The fraction of sp³-hybridized carbons (Fsp3) is 0.545. The van der Waals surface area contributed by atoms with Crippen molar-refractivity contribution in [1.29, 1.82) is 0 Å². The Morgan fingerprint density at radius 2 is 2.25 bits per heavy atom. The summed E-state index contributed by atoms with van der Waals surface area (Å²) in [6, 6.07) is 2.16. The highest BCUT2D eigenvalue weighted by atomic mass is 16.3. The molecule has 16 heavy (non-hydrogen) atoms. The van der Waals surface area contributed by atoms with Gasteiger partial charge < -0.3 is 4.42 Å². The van der Waals surface area contributed by atoms with Gasteiger partial charge >= 0.3 is 0 Å². The number of nitrogens with zero attached hydrogens (tertiary/aromatic N) is 1. The molecule has 1 aromatic heterocycles. The Balaban J connectivity index is 2.81. The fourth-order valence-corrected chi connectivity index (χ4v) is 1.35. The van der Waals surface area contributed by atoms with E-state index in [2.05, 4.69) is 24.2 Å². The molecule has 3 N–H and O–H groups in total. The minimum absolute atomic E-state index is 0.320. The van der Waals surface area contributed by atoms with Gasteiger partial charge in [-0.15, -0.1) is 0 Å². The van der Waals surface area contributed by atoms with E-state index in [0.29, 0.717) is 23.9 Å². The second kappa shape index (κ2) is 5.14. The van der Waals surface area contributed by atoms with Crippen LogP contribution in [0.4, 0.5) is 0 Å². The molecule has 1 amide bonds. The summed E-state index contributed by atoms with van der Waals surface area (Å²) in [4.78, 5) is 13.5. The smallest absolute Gasteiger partial charge is 0.268 e. The average Bonchev–Trinajstić information content (AvgIpc) is 2.58. The van der Waals surface area contributed by atoms with Gasteiger partial charge in [-0.25, -0.2) is 5.84 Å². The normalized spacial score (nSPS) is 11.2. The van der Waals surface area contributed by atoms with E-state index in [0.717, 1.165) is 5.76 Å². The van der Waals surface area contributed by atoms with E-state index in [1.54, 1.807) is 13.0 Å². The Kier molecular flexibility index (Phi) is 4.09. The molecule has 1 heterocycles. The monoisotopic (exact) mass is 225 g/mol. The van der Waals surface area contributed by atoms with Crippen molar-refractivity contribution in [3.63, 3.8) is 0 Å². The molecule has 0 aliphatic rings. The lowest BCUT2D eigenvalue weighted by atomic mass is 10.2. The van der Waals surface area contributed by atoms with Crippen molar-refractivity contribution in [2.75, 3.05) is 7.05 Å². The molecule has 0 atom stereocenters. The maximum Gasteiger partial charge on any atom is 0.268 e. The summed E-state index contributed by atoms with van der Waals surface area (Å²) < 4.78 is 5.50. The third-order valence-corrected chi connectivity index (χ3v) is 2.63. The van der Waals surface area contributed by atoms with Crippen LogP contribution in [0, 0.1) is 6.92 Å². The number of amides is 1. The van der Waals surface area contributed by atoms with Crippen molar-refractivity contribution in [1.82, 2.24) is 10.3 Å². The molecule has 0 spiro atoms. The van der Waals surface area contributed by atoms with E-state index in [4.69, 9.17) is 10.3 Å². The first-order valence-electron chi connectivity index (χ1n) is 5.26. The maximum absolute atomic E-state index is 11.4. The molecule has 0 fully saturated rings. The lowest BCUT2D eigenvalue weighted by Crippen LogP contribution is -2.30. The molecule has 0 unspecified atom stereocenters. The van der Waals surface area contributed by atoms with E-state index in [1.165, 1.54) is 0 Å². The minimum Gasteiger partial charge on any atom is -0.464 e. The molecule has 5 nitrogen and oxygen atoms in total. The van der Waals surface area contributed by atoms with Crippen LogP contribution in [-0.2, 0) is 6.54 Å². The van der Waals surface area contributed by atoms with Gasteiger partial charge in [-0.2, -0.15) is 0 Å². The summed E-state index contributed by atoms with van der Waals surface area (Å²) in [6.45, 7) is 6.63. The molecule has 1 rings (SSSR count). The van der Waals surface area contributed by atoms with Gasteiger partial charge in [0.05, 0.1) is 12.1 Å². The number of rotatable bonds is 4. The Bertz CT molecular complexity index is 371. The van der Waals surface area contributed by atoms with Crippen LogP contribution in [0.1, 0.15) is 35.7 Å². The lowest BCUT2D eigenvalue weighted by molar-refractivity contribution is 0.0952. The van der Waals surface area contributed by atoms with Gasteiger partial charge in [0.15, 0.2) is 0 Å². The zero-order chi connectivity index (χ0) is 12.3. The highest BCUT2D eigenvalue weighted by Gasteiger charge is 2.15. The molecule has 0 aromatic carbocycles. The van der Waals surface area contributed by atoms with Crippen LogP contribution in [0.25, 0.3) is 0 Å². The topological polar surface area (TPSA) is 71.5 Å². The van der Waals surface area contributed by atoms with Gasteiger partial charge in [0.1, 0.15) is 11.5 Å². The van der Waals surface area contributed by atoms with Crippen molar-refractivity contribution >= 4 is 5.91 Å². The minimum atomic E-state index is -0.320. The molecule has 0 aliphatic heterocycles. The maximum atomic E-state index is 11.4. The first-order valence-corrected chi connectivity index (χ1v) is 5.26. The largest absolute Gasteiger partial charge is 0.464 e. The quantitative estimate of drug-likeness (QED) is 0.456. The molecule has 5 heteroatoms. The fourth-order valence-electron chi connectivity index (χ4n) is 1.35. The molecule has 0 saturated carbocycles. The highest BCUT2D eigenvalue weighted by Crippen LogP contribution is 2.16. The van der Waals surface area contributed by atoms with Crippen LogP contribution in [0.3, 0.4) is 0 Å².